The molecular weight excluding hydrogens is 282 g/mol. The first kappa shape index (κ1) is 12.6. The molecule has 1 aromatic heterocycles. The number of pyridine rings is 1. The summed E-state index contributed by atoms with van der Waals surface area (Å²) in [6.45, 7) is 0.849. The highest BCUT2D eigenvalue weighted by Crippen LogP contribution is 2.05. The molecule has 0 saturated carbocycles. The van der Waals surface area contributed by atoms with Gasteiger partial charge in [-0.3, -0.25) is 0 Å². The number of hydrogen-bond acceptors (Lipinski definition) is 4. The Balaban J connectivity index is 2.32. The zero-order valence-corrected chi connectivity index (χ0v) is 10.4. The van der Waals surface area contributed by atoms with Crippen molar-refractivity contribution >= 4 is 26.0 Å². The molecule has 0 atom stereocenters. The minimum absolute atomic E-state index is 0.0684. The second-order valence-electron chi connectivity index (χ2n) is 3.00. The molecule has 0 spiro atoms. The smallest absolute Gasteiger partial charge is 0.210 e. The first-order chi connectivity index (χ1) is 6.97. The van der Waals surface area contributed by atoms with Crippen LogP contribution in [0.5, 0.6) is 0 Å². The highest BCUT2D eigenvalue weighted by Gasteiger charge is 2.01. The molecule has 84 valence electrons. The van der Waals surface area contributed by atoms with Crippen molar-refractivity contribution in [2.45, 2.75) is 6.54 Å². The highest BCUT2D eigenvalue weighted by atomic mass is 79.9. The van der Waals surface area contributed by atoms with E-state index >= 15 is 0 Å². The Hall–Kier alpha value is -0.500. The van der Waals surface area contributed by atoms with E-state index in [9.17, 15) is 8.42 Å². The van der Waals surface area contributed by atoms with Crippen LogP contribution in [0.2, 0.25) is 0 Å². The maximum Gasteiger partial charge on any atom is 0.210 e. The van der Waals surface area contributed by atoms with Crippen molar-refractivity contribution < 1.29 is 8.42 Å². The number of primary sulfonamides is 1. The summed E-state index contributed by atoms with van der Waals surface area (Å²) in [5.74, 6) is -0.0684. The van der Waals surface area contributed by atoms with Crippen LogP contribution in [0.1, 0.15) is 5.69 Å². The van der Waals surface area contributed by atoms with Crippen LogP contribution in [0.3, 0.4) is 0 Å². The number of sulfonamides is 1. The standard InChI is InChI=1S/C8H12BrN3O2S/c9-8-3-1-2-7(12-8)6-11-4-5-15(10,13)14/h1-3,11H,4-6H2,(H2,10,13,14). The summed E-state index contributed by atoms with van der Waals surface area (Å²) in [7, 11) is -3.38. The van der Waals surface area contributed by atoms with Crippen LogP contribution in [-0.4, -0.2) is 25.7 Å². The van der Waals surface area contributed by atoms with E-state index in [1.807, 2.05) is 18.2 Å². The van der Waals surface area contributed by atoms with Crippen molar-refractivity contribution in [3.8, 4) is 0 Å². The third-order valence-corrected chi connectivity index (χ3v) is 2.86. The molecule has 0 aliphatic carbocycles. The van der Waals surface area contributed by atoms with Gasteiger partial charge < -0.3 is 5.32 Å². The van der Waals surface area contributed by atoms with Crippen molar-refractivity contribution in [3.05, 3.63) is 28.5 Å². The van der Waals surface area contributed by atoms with Gasteiger partial charge in [-0.1, -0.05) is 6.07 Å². The second-order valence-corrected chi connectivity index (χ2v) is 5.54. The molecule has 1 rings (SSSR count). The van der Waals surface area contributed by atoms with Gasteiger partial charge >= 0.3 is 0 Å². The molecular formula is C8H12BrN3O2S. The summed E-state index contributed by atoms with van der Waals surface area (Å²) in [6, 6.07) is 5.55. The molecule has 0 radical (unpaired) electrons. The van der Waals surface area contributed by atoms with E-state index in [1.54, 1.807) is 0 Å². The molecule has 0 aliphatic rings. The van der Waals surface area contributed by atoms with Gasteiger partial charge in [0.25, 0.3) is 0 Å². The SMILES string of the molecule is NS(=O)(=O)CCNCc1cccc(Br)n1. The van der Waals surface area contributed by atoms with E-state index in [-0.39, 0.29) is 5.75 Å². The minimum Gasteiger partial charge on any atom is -0.310 e. The summed E-state index contributed by atoms with van der Waals surface area (Å²) in [5.41, 5.74) is 0.846. The zero-order chi connectivity index (χ0) is 11.3. The van der Waals surface area contributed by atoms with Gasteiger partial charge in [-0.25, -0.2) is 18.5 Å². The lowest BCUT2D eigenvalue weighted by atomic mass is 10.3. The predicted octanol–water partition coefficient (Wildman–Crippen LogP) is 0.222. The van der Waals surface area contributed by atoms with E-state index in [4.69, 9.17) is 5.14 Å². The van der Waals surface area contributed by atoms with Gasteiger partial charge in [-0.2, -0.15) is 0 Å². The highest BCUT2D eigenvalue weighted by molar-refractivity contribution is 9.10. The maximum atomic E-state index is 10.6. The topological polar surface area (TPSA) is 85.1 Å². The van der Waals surface area contributed by atoms with Crippen LogP contribution in [0, 0.1) is 0 Å². The number of nitrogens with zero attached hydrogens (tertiary/aromatic N) is 1. The number of aromatic nitrogens is 1. The minimum atomic E-state index is -3.38. The van der Waals surface area contributed by atoms with Crippen molar-refractivity contribution in [1.82, 2.24) is 10.3 Å². The van der Waals surface area contributed by atoms with Crippen LogP contribution in [0.4, 0.5) is 0 Å². The molecule has 15 heavy (non-hydrogen) atoms. The first-order valence-electron chi connectivity index (χ1n) is 4.30. The van der Waals surface area contributed by atoms with E-state index in [1.165, 1.54) is 0 Å². The van der Waals surface area contributed by atoms with Gasteiger partial charge in [0.1, 0.15) is 4.60 Å². The summed E-state index contributed by atoms with van der Waals surface area (Å²) < 4.78 is 22.0. The van der Waals surface area contributed by atoms with Gasteiger partial charge in [0.15, 0.2) is 0 Å². The van der Waals surface area contributed by atoms with Crippen LogP contribution in [0.25, 0.3) is 0 Å². The van der Waals surface area contributed by atoms with Crippen LogP contribution < -0.4 is 10.5 Å². The lowest BCUT2D eigenvalue weighted by Gasteiger charge is -2.03. The molecule has 0 aliphatic heterocycles. The molecule has 3 N–H and O–H groups in total. The summed E-state index contributed by atoms with van der Waals surface area (Å²) >= 11 is 3.25. The largest absolute Gasteiger partial charge is 0.310 e. The fourth-order valence-corrected chi connectivity index (χ4v) is 1.79. The van der Waals surface area contributed by atoms with E-state index in [0.717, 1.165) is 10.3 Å². The molecule has 0 amide bonds. The average molecular weight is 294 g/mol. The normalized spacial score (nSPS) is 11.6. The summed E-state index contributed by atoms with van der Waals surface area (Å²) in [5, 5.41) is 7.79. The number of halogens is 1. The monoisotopic (exact) mass is 293 g/mol. The molecule has 0 bridgehead atoms. The molecule has 1 heterocycles. The third-order valence-electron chi connectivity index (χ3n) is 1.64. The van der Waals surface area contributed by atoms with Gasteiger partial charge in [0, 0.05) is 13.1 Å². The Kier molecular flexibility index (Phi) is 4.65. The van der Waals surface area contributed by atoms with Crippen LogP contribution in [0.15, 0.2) is 22.8 Å². The Morgan fingerprint density at radius 1 is 1.47 bits per heavy atom. The molecule has 0 aromatic carbocycles. The quantitative estimate of drug-likeness (QED) is 0.601. The molecule has 1 aromatic rings. The van der Waals surface area contributed by atoms with Gasteiger partial charge in [0.05, 0.1) is 11.4 Å². The number of nitrogens with one attached hydrogen (secondary N) is 1. The summed E-state index contributed by atoms with van der Waals surface area (Å²) in [4.78, 5) is 4.18. The number of hydrogen-bond donors (Lipinski definition) is 2. The molecule has 7 heteroatoms. The van der Waals surface area contributed by atoms with Crippen molar-refractivity contribution in [3.63, 3.8) is 0 Å². The predicted molar refractivity (Wildman–Crippen MR) is 61.6 cm³/mol. The van der Waals surface area contributed by atoms with E-state index < -0.39 is 10.0 Å². The zero-order valence-electron chi connectivity index (χ0n) is 7.98. The third kappa shape index (κ3) is 5.83. The van der Waals surface area contributed by atoms with Crippen molar-refractivity contribution in [1.29, 1.82) is 0 Å². The first-order valence-corrected chi connectivity index (χ1v) is 6.81. The molecule has 0 unspecified atom stereocenters. The van der Waals surface area contributed by atoms with Gasteiger partial charge in [-0.15, -0.1) is 0 Å². The molecule has 0 fully saturated rings. The fraction of sp³-hybridized carbons (Fsp3) is 0.375. The molecule has 5 nitrogen and oxygen atoms in total. The Morgan fingerprint density at radius 3 is 2.80 bits per heavy atom. The lowest BCUT2D eigenvalue weighted by molar-refractivity contribution is 0.591. The van der Waals surface area contributed by atoms with Gasteiger partial charge in [-0.05, 0) is 28.1 Å². The Bertz CT molecular complexity index is 422. The summed E-state index contributed by atoms with van der Waals surface area (Å²) in [6.07, 6.45) is 0. The van der Waals surface area contributed by atoms with Crippen LogP contribution in [-0.2, 0) is 16.6 Å². The van der Waals surface area contributed by atoms with Crippen molar-refractivity contribution in [2.24, 2.45) is 5.14 Å². The molecule has 0 saturated heterocycles. The second kappa shape index (κ2) is 5.55. The Morgan fingerprint density at radius 2 is 2.20 bits per heavy atom. The Labute approximate surface area is 97.3 Å². The van der Waals surface area contributed by atoms with E-state index in [0.29, 0.717) is 13.1 Å². The number of rotatable bonds is 5. The number of nitrogens with two attached hydrogens (primary N) is 1. The van der Waals surface area contributed by atoms with Gasteiger partial charge in [0.2, 0.25) is 10.0 Å². The van der Waals surface area contributed by atoms with Crippen molar-refractivity contribution in [2.75, 3.05) is 12.3 Å². The fourth-order valence-electron chi connectivity index (χ4n) is 0.980. The van der Waals surface area contributed by atoms with E-state index in [2.05, 4.69) is 26.2 Å². The lowest BCUT2D eigenvalue weighted by Crippen LogP contribution is -2.27. The average Bonchev–Trinajstić information content (AvgIpc) is 2.11. The van der Waals surface area contributed by atoms with Crippen LogP contribution >= 0.6 is 15.9 Å². The maximum absolute atomic E-state index is 10.6.